The third-order valence-electron chi connectivity index (χ3n) is 2.86. The van der Waals surface area contributed by atoms with E-state index in [1.165, 1.54) is 24.3 Å². The molecule has 0 heterocycles. The molecule has 2 rings (SSSR count). The minimum atomic E-state index is -1.61. The van der Waals surface area contributed by atoms with E-state index < -0.39 is 26.8 Å². The molecule has 0 aromatic heterocycles. The Kier molecular flexibility index (Phi) is 17.4. The number of hydrogen-bond donors (Lipinski definition) is 3. The van der Waals surface area contributed by atoms with Crippen molar-refractivity contribution in [1.82, 2.24) is 0 Å². The first-order chi connectivity index (χ1) is 14.2. The second kappa shape index (κ2) is 16.7. The van der Waals surface area contributed by atoms with Crippen molar-refractivity contribution in [2.75, 3.05) is 0 Å². The standard InChI is InChI=1S/C8H6BrFO2.C8H7FO2.CCl4.BHNS/c9-4-6-2-1-5(8(11)12)3-7(6)10;1-5-2-3-6(8(10)11)4-7(5)9;2-1(3,4)5;1-2-3/h1-3H,4H2,(H,11,12);2-4H,1H3,(H,10,11);;3H. The molecule has 0 saturated heterocycles. The molecule has 14 heteroatoms. The van der Waals surface area contributed by atoms with Crippen LogP contribution in [0, 0.1) is 18.6 Å². The monoisotopic (exact) mass is 596 g/mol. The normalized spacial score (nSPS) is 9.55. The Morgan fingerprint density at radius 3 is 1.68 bits per heavy atom. The van der Waals surface area contributed by atoms with Crippen LogP contribution >= 0.6 is 75.1 Å². The number of halogens is 7. The summed E-state index contributed by atoms with van der Waals surface area (Å²) in [7, 11) is 4.34. The van der Waals surface area contributed by atoms with Crippen LogP contribution in [-0.2, 0) is 5.33 Å². The van der Waals surface area contributed by atoms with Gasteiger partial charge < -0.3 is 10.2 Å². The number of carbonyl (C=O) groups is 2. The maximum absolute atomic E-state index is 12.9. The number of aromatic carboxylic acids is 2. The first-order valence-corrected chi connectivity index (χ1v) is 10.6. The van der Waals surface area contributed by atoms with Gasteiger partial charge in [0, 0.05) is 5.33 Å². The van der Waals surface area contributed by atoms with E-state index in [-0.39, 0.29) is 11.1 Å². The molecule has 2 N–H and O–H groups in total. The van der Waals surface area contributed by atoms with Gasteiger partial charge in [-0.25, -0.2) is 18.4 Å². The molecule has 2 aromatic rings. The minimum absolute atomic E-state index is 0.0203. The molecule has 1 radical (unpaired) electrons. The summed E-state index contributed by atoms with van der Waals surface area (Å²) >= 11 is 25.6. The summed E-state index contributed by atoms with van der Waals surface area (Å²) in [5, 5.41) is 17.3. The summed E-state index contributed by atoms with van der Waals surface area (Å²) in [5.74, 6) is -3.20. The number of benzene rings is 2. The van der Waals surface area contributed by atoms with Gasteiger partial charge in [0.25, 0.3) is 3.25 Å². The number of rotatable bonds is 3. The molecule has 0 aliphatic heterocycles. The quantitative estimate of drug-likeness (QED) is 0.202. The van der Waals surface area contributed by atoms with Gasteiger partial charge in [-0.15, -0.1) is 0 Å². The van der Waals surface area contributed by atoms with Gasteiger partial charge >= 0.3 is 36.7 Å². The number of aryl methyl sites for hydroxylation is 1. The van der Waals surface area contributed by atoms with E-state index in [4.69, 9.17) is 56.6 Å². The van der Waals surface area contributed by atoms with Gasteiger partial charge in [-0.2, -0.15) is 0 Å². The molecule has 2 aromatic carbocycles. The van der Waals surface area contributed by atoms with Crippen molar-refractivity contribution in [2.24, 2.45) is 4.30 Å². The van der Waals surface area contributed by atoms with Crippen LogP contribution in [0.15, 0.2) is 40.7 Å². The average Bonchev–Trinajstić information content (AvgIpc) is 2.63. The van der Waals surface area contributed by atoms with Crippen molar-refractivity contribution in [2.45, 2.75) is 15.5 Å². The Morgan fingerprint density at radius 2 is 1.39 bits per heavy atom. The Hall–Kier alpha value is -0.905. The molecule has 0 aliphatic rings. The Balaban J connectivity index is 0. The molecule has 0 unspecified atom stereocenters. The molecule has 0 saturated carbocycles. The molecule has 0 spiro atoms. The van der Waals surface area contributed by atoms with Crippen molar-refractivity contribution < 1.29 is 28.6 Å². The van der Waals surface area contributed by atoms with E-state index >= 15 is 0 Å². The van der Waals surface area contributed by atoms with Crippen LogP contribution in [0.2, 0.25) is 0 Å². The third-order valence-corrected chi connectivity index (χ3v) is 3.47. The van der Waals surface area contributed by atoms with Crippen molar-refractivity contribution in [3.8, 4) is 0 Å². The van der Waals surface area contributed by atoms with Gasteiger partial charge in [0.2, 0.25) is 0 Å². The summed E-state index contributed by atoms with van der Waals surface area (Å²) in [6.07, 6.45) is 0. The molecule has 169 valence electrons. The van der Waals surface area contributed by atoms with Gasteiger partial charge in [-0.05, 0) is 42.3 Å². The molecular weight excluding hydrogens is 585 g/mol. The second-order valence-corrected chi connectivity index (χ2v) is 9.28. The van der Waals surface area contributed by atoms with Gasteiger partial charge in [-0.3, -0.25) is 0 Å². The fraction of sp³-hybridized carbons (Fsp3) is 0.176. The first kappa shape index (κ1) is 32.3. The van der Waals surface area contributed by atoms with Crippen LogP contribution in [-0.4, -0.2) is 33.0 Å². The van der Waals surface area contributed by atoms with Crippen LogP contribution in [0.1, 0.15) is 31.8 Å². The molecule has 0 amide bonds. The predicted octanol–water partition coefficient (Wildman–Crippen LogP) is 6.99. The van der Waals surface area contributed by atoms with Crippen molar-refractivity contribution in [3.63, 3.8) is 0 Å². The molecule has 31 heavy (non-hydrogen) atoms. The summed E-state index contributed by atoms with van der Waals surface area (Å²) in [4.78, 5) is 20.7. The zero-order valence-electron chi connectivity index (χ0n) is 15.5. The number of hydrogen-bond acceptors (Lipinski definition) is 4. The summed E-state index contributed by atoms with van der Waals surface area (Å²) in [5.41, 5.74) is 0.861. The zero-order chi connectivity index (χ0) is 24.8. The van der Waals surface area contributed by atoms with E-state index in [1.807, 2.05) is 0 Å². The number of thiol groups is 1. The van der Waals surface area contributed by atoms with E-state index in [9.17, 15) is 18.4 Å². The molecule has 0 aliphatic carbocycles. The Labute approximate surface area is 212 Å². The predicted molar refractivity (Wildman–Crippen MR) is 127 cm³/mol. The van der Waals surface area contributed by atoms with Crippen LogP contribution in [0.25, 0.3) is 0 Å². The topological polar surface area (TPSA) is 87.0 Å². The number of nitrogens with zero attached hydrogens (tertiary/aromatic N) is 1. The van der Waals surface area contributed by atoms with E-state index in [1.54, 1.807) is 6.92 Å². The number of carboxylic acids is 2. The fourth-order valence-electron chi connectivity index (χ4n) is 1.51. The van der Waals surface area contributed by atoms with Crippen LogP contribution in [0.3, 0.4) is 0 Å². The average molecular weight is 599 g/mol. The van der Waals surface area contributed by atoms with E-state index in [2.05, 4.69) is 40.7 Å². The van der Waals surface area contributed by atoms with E-state index in [0.29, 0.717) is 16.5 Å². The van der Waals surface area contributed by atoms with Crippen molar-refractivity contribution in [1.29, 1.82) is 0 Å². The molecular formula is C17H14BBrCl4F2NO4S. The van der Waals surface area contributed by atoms with Crippen LogP contribution in [0.5, 0.6) is 0 Å². The SMILES string of the molecule is Cc1ccc(C(=O)O)cc1F.ClC(Cl)(Cl)Cl.O=C(O)c1ccc(CBr)c(F)c1.[B]=NS. The van der Waals surface area contributed by atoms with Crippen LogP contribution in [0.4, 0.5) is 8.78 Å². The number of carboxylic acid groups (broad SMARTS) is 2. The molecule has 5 nitrogen and oxygen atoms in total. The van der Waals surface area contributed by atoms with Gasteiger partial charge in [0.05, 0.1) is 11.1 Å². The molecule has 0 bridgehead atoms. The Morgan fingerprint density at radius 1 is 1.03 bits per heavy atom. The fourth-order valence-corrected chi connectivity index (χ4v) is 1.97. The molecule has 0 fully saturated rings. The van der Waals surface area contributed by atoms with Crippen molar-refractivity contribution >= 4 is 94.7 Å². The molecule has 0 atom stereocenters. The first-order valence-electron chi connectivity index (χ1n) is 7.54. The maximum atomic E-state index is 12.9. The third kappa shape index (κ3) is 17.3. The van der Waals surface area contributed by atoms with Crippen molar-refractivity contribution in [3.05, 3.63) is 70.3 Å². The summed E-state index contributed by atoms with van der Waals surface area (Å²) in [6.45, 7) is 1.58. The van der Waals surface area contributed by atoms with Gasteiger partial charge in [-0.1, -0.05) is 74.5 Å². The zero-order valence-corrected chi connectivity index (χ0v) is 21.0. The summed E-state index contributed by atoms with van der Waals surface area (Å²) in [6, 6.07) is 7.67. The van der Waals surface area contributed by atoms with Gasteiger partial charge in [0.15, 0.2) is 0 Å². The second-order valence-electron chi connectivity index (χ2n) is 5.06. The Bertz CT molecular complexity index is 886. The van der Waals surface area contributed by atoms with Gasteiger partial charge in [0.1, 0.15) is 11.6 Å². The van der Waals surface area contributed by atoms with Crippen LogP contribution < -0.4 is 0 Å². The summed E-state index contributed by atoms with van der Waals surface area (Å²) < 4.78 is 26.7. The number of alkyl halides is 5. The van der Waals surface area contributed by atoms with E-state index in [0.717, 1.165) is 12.1 Å².